The van der Waals surface area contributed by atoms with Gasteiger partial charge in [-0.25, -0.2) is 0 Å². The number of rotatable bonds is 5. The van der Waals surface area contributed by atoms with Gasteiger partial charge in [0.1, 0.15) is 0 Å². The molecule has 2 rings (SSSR count). The number of ether oxygens (including phenoxy) is 1. The van der Waals surface area contributed by atoms with Crippen molar-refractivity contribution in [2.45, 2.75) is 38.8 Å². The van der Waals surface area contributed by atoms with E-state index in [1.54, 1.807) is 0 Å². The number of benzene rings is 1. The molecule has 1 heterocycles. The molecular formula is C15H22N2O2. The van der Waals surface area contributed by atoms with Crippen LogP contribution in [0.1, 0.15) is 31.7 Å². The molecule has 0 spiro atoms. The second-order valence-electron chi connectivity index (χ2n) is 5.00. The van der Waals surface area contributed by atoms with Crippen LogP contribution in [0.25, 0.3) is 0 Å². The topological polar surface area (TPSA) is 50.4 Å². The van der Waals surface area contributed by atoms with Crippen LogP contribution in [-0.2, 0) is 16.1 Å². The van der Waals surface area contributed by atoms with Gasteiger partial charge in [-0.15, -0.1) is 0 Å². The number of amides is 1. The van der Waals surface area contributed by atoms with E-state index in [1.807, 2.05) is 24.3 Å². The zero-order valence-corrected chi connectivity index (χ0v) is 11.4. The van der Waals surface area contributed by atoms with Crippen LogP contribution < -0.4 is 10.6 Å². The second-order valence-corrected chi connectivity index (χ2v) is 5.00. The molecule has 19 heavy (non-hydrogen) atoms. The summed E-state index contributed by atoms with van der Waals surface area (Å²) in [6, 6.07) is 7.91. The lowest BCUT2D eigenvalue weighted by Gasteiger charge is -2.22. The fourth-order valence-electron chi connectivity index (χ4n) is 2.26. The Morgan fingerprint density at radius 3 is 2.74 bits per heavy atom. The van der Waals surface area contributed by atoms with Gasteiger partial charge in [-0.05, 0) is 37.0 Å². The first kappa shape index (κ1) is 14.0. The molecular weight excluding hydrogens is 240 g/mol. The number of hydrogen-bond acceptors (Lipinski definition) is 3. The molecule has 2 N–H and O–H groups in total. The monoisotopic (exact) mass is 262 g/mol. The van der Waals surface area contributed by atoms with Crippen LogP contribution in [0.15, 0.2) is 24.3 Å². The Labute approximate surface area is 114 Å². The summed E-state index contributed by atoms with van der Waals surface area (Å²) in [5.74, 6) is -0.0414. The van der Waals surface area contributed by atoms with E-state index in [1.165, 1.54) is 25.3 Å². The Balaban J connectivity index is 1.71. The number of anilines is 1. The minimum atomic E-state index is -0.0414. The summed E-state index contributed by atoms with van der Waals surface area (Å²) >= 11 is 0. The lowest BCUT2D eigenvalue weighted by molar-refractivity contribution is -0.114. The second kappa shape index (κ2) is 7.26. The van der Waals surface area contributed by atoms with Gasteiger partial charge in [0.25, 0.3) is 0 Å². The van der Waals surface area contributed by atoms with Gasteiger partial charge < -0.3 is 15.4 Å². The Hall–Kier alpha value is -1.39. The van der Waals surface area contributed by atoms with Crippen LogP contribution in [0.3, 0.4) is 0 Å². The lowest BCUT2D eigenvalue weighted by atomic mass is 10.1. The standard InChI is InChI=1S/C15H22N2O2/c1-12(18)17-14-7-5-13(6-8-14)10-16-11-15-4-2-3-9-19-15/h5-8,15-16H,2-4,9-11H2,1H3,(H,17,18). The fourth-order valence-corrected chi connectivity index (χ4v) is 2.26. The maximum atomic E-state index is 10.9. The van der Waals surface area contributed by atoms with Crippen molar-refractivity contribution in [3.05, 3.63) is 29.8 Å². The third kappa shape index (κ3) is 5.01. The fraction of sp³-hybridized carbons (Fsp3) is 0.533. The van der Waals surface area contributed by atoms with Crippen molar-refractivity contribution in [1.82, 2.24) is 5.32 Å². The zero-order valence-electron chi connectivity index (χ0n) is 11.4. The van der Waals surface area contributed by atoms with E-state index in [4.69, 9.17) is 4.74 Å². The quantitative estimate of drug-likeness (QED) is 0.856. The molecule has 0 radical (unpaired) electrons. The number of carbonyl (C=O) groups excluding carboxylic acids is 1. The third-order valence-electron chi connectivity index (χ3n) is 3.25. The molecule has 1 unspecified atom stereocenters. The molecule has 1 fully saturated rings. The molecule has 1 aromatic carbocycles. The highest BCUT2D eigenvalue weighted by molar-refractivity contribution is 5.88. The smallest absolute Gasteiger partial charge is 0.221 e. The summed E-state index contributed by atoms with van der Waals surface area (Å²) in [7, 11) is 0. The van der Waals surface area contributed by atoms with Gasteiger partial charge in [0, 0.05) is 32.3 Å². The van der Waals surface area contributed by atoms with Gasteiger partial charge in [0.2, 0.25) is 5.91 Å². The van der Waals surface area contributed by atoms with E-state index in [2.05, 4.69) is 10.6 Å². The molecule has 0 aromatic heterocycles. The van der Waals surface area contributed by atoms with Crippen molar-refractivity contribution in [3.8, 4) is 0 Å². The number of carbonyl (C=O) groups is 1. The van der Waals surface area contributed by atoms with Crippen molar-refractivity contribution < 1.29 is 9.53 Å². The first-order chi connectivity index (χ1) is 9.24. The van der Waals surface area contributed by atoms with Crippen molar-refractivity contribution in [3.63, 3.8) is 0 Å². The predicted octanol–water partition coefficient (Wildman–Crippen LogP) is 2.30. The van der Waals surface area contributed by atoms with Gasteiger partial charge in [-0.3, -0.25) is 4.79 Å². The van der Waals surface area contributed by atoms with Gasteiger partial charge in [-0.2, -0.15) is 0 Å². The molecule has 1 aliphatic rings. The zero-order chi connectivity index (χ0) is 13.5. The van der Waals surface area contributed by atoms with E-state index in [0.29, 0.717) is 6.10 Å². The first-order valence-electron chi connectivity index (χ1n) is 6.93. The highest BCUT2D eigenvalue weighted by Gasteiger charge is 2.12. The Kier molecular flexibility index (Phi) is 5.36. The number of hydrogen-bond donors (Lipinski definition) is 2. The van der Waals surface area contributed by atoms with Crippen molar-refractivity contribution in [2.24, 2.45) is 0 Å². The molecule has 0 aliphatic carbocycles. The van der Waals surface area contributed by atoms with Crippen LogP contribution in [-0.4, -0.2) is 25.2 Å². The molecule has 0 bridgehead atoms. The van der Waals surface area contributed by atoms with E-state index in [0.717, 1.165) is 31.8 Å². The summed E-state index contributed by atoms with van der Waals surface area (Å²) < 4.78 is 5.67. The minimum absolute atomic E-state index is 0.0414. The van der Waals surface area contributed by atoms with Crippen LogP contribution in [0.5, 0.6) is 0 Å². The van der Waals surface area contributed by atoms with Crippen molar-refractivity contribution >= 4 is 11.6 Å². The predicted molar refractivity (Wildman–Crippen MR) is 76.0 cm³/mol. The Bertz CT molecular complexity index is 397. The summed E-state index contributed by atoms with van der Waals surface area (Å²) in [5.41, 5.74) is 2.05. The summed E-state index contributed by atoms with van der Waals surface area (Å²) in [4.78, 5) is 10.9. The molecule has 1 amide bonds. The van der Waals surface area contributed by atoms with E-state index < -0.39 is 0 Å². The van der Waals surface area contributed by atoms with E-state index in [-0.39, 0.29) is 5.91 Å². The highest BCUT2D eigenvalue weighted by Crippen LogP contribution is 2.12. The maximum Gasteiger partial charge on any atom is 0.221 e. The Morgan fingerprint density at radius 1 is 1.32 bits per heavy atom. The summed E-state index contributed by atoms with van der Waals surface area (Å²) in [6.07, 6.45) is 4.00. The molecule has 1 saturated heterocycles. The Morgan fingerprint density at radius 2 is 2.11 bits per heavy atom. The average molecular weight is 262 g/mol. The summed E-state index contributed by atoms with van der Waals surface area (Å²) in [5, 5.41) is 6.18. The van der Waals surface area contributed by atoms with E-state index >= 15 is 0 Å². The molecule has 0 saturated carbocycles. The largest absolute Gasteiger partial charge is 0.377 e. The van der Waals surface area contributed by atoms with E-state index in [9.17, 15) is 4.79 Å². The highest BCUT2D eigenvalue weighted by atomic mass is 16.5. The molecule has 104 valence electrons. The molecule has 4 nitrogen and oxygen atoms in total. The maximum absolute atomic E-state index is 10.9. The molecule has 4 heteroatoms. The van der Waals surface area contributed by atoms with Gasteiger partial charge in [-0.1, -0.05) is 12.1 Å². The van der Waals surface area contributed by atoms with Gasteiger partial charge in [0.05, 0.1) is 6.10 Å². The van der Waals surface area contributed by atoms with Crippen LogP contribution in [0, 0.1) is 0 Å². The molecule has 1 atom stereocenters. The average Bonchev–Trinajstić information content (AvgIpc) is 2.41. The lowest BCUT2D eigenvalue weighted by Crippen LogP contribution is -2.31. The first-order valence-corrected chi connectivity index (χ1v) is 6.93. The SMILES string of the molecule is CC(=O)Nc1ccc(CNCC2CCCCO2)cc1. The summed E-state index contributed by atoms with van der Waals surface area (Å²) in [6.45, 7) is 4.16. The normalized spacial score (nSPS) is 19.1. The number of nitrogens with one attached hydrogen (secondary N) is 2. The molecule has 1 aromatic rings. The van der Waals surface area contributed by atoms with Crippen molar-refractivity contribution in [1.29, 1.82) is 0 Å². The van der Waals surface area contributed by atoms with Gasteiger partial charge >= 0.3 is 0 Å². The molecule has 1 aliphatic heterocycles. The minimum Gasteiger partial charge on any atom is -0.377 e. The van der Waals surface area contributed by atoms with Crippen molar-refractivity contribution in [2.75, 3.05) is 18.5 Å². The van der Waals surface area contributed by atoms with Crippen LogP contribution in [0.4, 0.5) is 5.69 Å². The van der Waals surface area contributed by atoms with Crippen LogP contribution >= 0.6 is 0 Å². The third-order valence-corrected chi connectivity index (χ3v) is 3.25. The van der Waals surface area contributed by atoms with Gasteiger partial charge in [0.15, 0.2) is 0 Å². The van der Waals surface area contributed by atoms with Crippen LogP contribution in [0.2, 0.25) is 0 Å².